The first-order chi connectivity index (χ1) is 15.3. The molecule has 0 radical (unpaired) electrons. The molecule has 0 aliphatic rings. The third-order valence-corrected chi connectivity index (χ3v) is 4.12. The average Bonchev–Trinajstić information content (AvgIpc) is 2.70. The van der Waals surface area contributed by atoms with Gasteiger partial charge in [-0.05, 0) is 12.8 Å². The minimum Gasteiger partial charge on any atom is -0.481 e. The highest BCUT2D eigenvalue weighted by atomic mass is 16.4. The van der Waals surface area contributed by atoms with E-state index in [-0.39, 0.29) is 6.42 Å². The van der Waals surface area contributed by atoms with Gasteiger partial charge in [-0.2, -0.15) is 0 Å². The molecule has 0 aromatic heterocycles. The van der Waals surface area contributed by atoms with Crippen molar-refractivity contribution in [2.45, 2.75) is 56.3 Å². The van der Waals surface area contributed by atoms with Crippen molar-refractivity contribution in [1.29, 1.82) is 0 Å². The summed E-state index contributed by atoms with van der Waals surface area (Å²) in [7, 11) is 0. The van der Waals surface area contributed by atoms with Gasteiger partial charge in [-0.1, -0.05) is 0 Å². The fourth-order valence-electron chi connectivity index (χ4n) is 2.38. The number of aliphatic hydroxyl groups excluding tert-OH is 1. The molecule has 0 fully saturated rings. The average molecular weight is 477 g/mol. The first-order valence-electron chi connectivity index (χ1n) is 9.50. The van der Waals surface area contributed by atoms with Gasteiger partial charge in [0.15, 0.2) is 0 Å². The summed E-state index contributed by atoms with van der Waals surface area (Å²) in [6.45, 7) is -1.00. The summed E-state index contributed by atoms with van der Waals surface area (Å²) in [5.41, 5.74) is 10.4. The van der Waals surface area contributed by atoms with Crippen molar-refractivity contribution >= 4 is 41.5 Å². The van der Waals surface area contributed by atoms with E-state index in [9.17, 15) is 38.7 Å². The molecule has 0 rings (SSSR count). The number of carbonyl (C=O) groups is 7. The molecule has 0 aliphatic heterocycles. The van der Waals surface area contributed by atoms with Gasteiger partial charge in [-0.3, -0.25) is 28.8 Å². The number of carbonyl (C=O) groups excluding carboxylic acids is 4. The molecule has 186 valence electrons. The fraction of sp³-hybridized carbons (Fsp3) is 0.588. The van der Waals surface area contributed by atoms with E-state index < -0.39 is 98.0 Å². The van der Waals surface area contributed by atoms with E-state index in [0.29, 0.717) is 0 Å². The first kappa shape index (κ1) is 29.2. The predicted molar refractivity (Wildman–Crippen MR) is 106 cm³/mol. The van der Waals surface area contributed by atoms with E-state index in [1.54, 1.807) is 0 Å². The van der Waals surface area contributed by atoms with Crippen LogP contribution in [-0.4, -0.2) is 92.7 Å². The van der Waals surface area contributed by atoms with E-state index in [1.165, 1.54) is 0 Å². The van der Waals surface area contributed by atoms with Crippen molar-refractivity contribution in [1.82, 2.24) is 16.0 Å². The van der Waals surface area contributed by atoms with Crippen LogP contribution >= 0.6 is 0 Å². The van der Waals surface area contributed by atoms with Gasteiger partial charge in [0, 0.05) is 12.8 Å². The van der Waals surface area contributed by atoms with Gasteiger partial charge < -0.3 is 47.8 Å². The van der Waals surface area contributed by atoms with E-state index in [0.717, 1.165) is 0 Å². The summed E-state index contributed by atoms with van der Waals surface area (Å²) in [5.74, 6) is -8.38. The molecule has 0 aromatic rings. The van der Waals surface area contributed by atoms with Crippen molar-refractivity contribution in [3.8, 4) is 0 Å². The van der Waals surface area contributed by atoms with Gasteiger partial charge in [0.1, 0.15) is 18.1 Å². The zero-order valence-corrected chi connectivity index (χ0v) is 17.4. The Balaban J connectivity index is 5.31. The predicted octanol–water partition coefficient (Wildman–Crippen LogP) is -4.55. The smallest absolute Gasteiger partial charge is 0.326 e. The monoisotopic (exact) mass is 477 g/mol. The summed E-state index contributed by atoms with van der Waals surface area (Å²) in [5, 5.41) is 42.0. The number of amides is 4. The molecule has 0 aliphatic carbocycles. The second-order valence-electron chi connectivity index (χ2n) is 6.85. The minimum atomic E-state index is -1.70. The summed E-state index contributed by atoms with van der Waals surface area (Å²) in [6.07, 6.45) is -2.56. The van der Waals surface area contributed by atoms with Crippen molar-refractivity contribution in [3.05, 3.63) is 0 Å². The molecule has 0 aromatic carbocycles. The topological polar surface area (TPSA) is 289 Å². The molecule has 4 amide bonds. The lowest BCUT2D eigenvalue weighted by molar-refractivity contribution is -0.143. The van der Waals surface area contributed by atoms with Crippen LogP contribution in [-0.2, 0) is 33.6 Å². The van der Waals surface area contributed by atoms with Crippen LogP contribution < -0.4 is 27.4 Å². The second kappa shape index (κ2) is 14.3. The molecule has 16 nitrogen and oxygen atoms in total. The lowest BCUT2D eigenvalue weighted by Crippen LogP contribution is -2.58. The standard InChI is InChI=1S/C17H27N5O11/c18-7(5-13(27)28)14(29)20-8(1-3-11(19)24)15(30)22-10(6-23)16(31)21-9(17(32)33)2-4-12(25)26/h7-10,23H,1-6,18H2,(H2,19,24)(H,20,29)(H,21,31)(H,22,30)(H,25,26)(H,27,28)(H,32,33). The van der Waals surface area contributed by atoms with E-state index in [4.69, 9.17) is 26.8 Å². The van der Waals surface area contributed by atoms with Crippen LogP contribution in [0.5, 0.6) is 0 Å². The Bertz CT molecular complexity index is 772. The molecule has 0 bridgehead atoms. The van der Waals surface area contributed by atoms with Crippen LogP contribution in [0, 0.1) is 0 Å². The number of aliphatic carboxylic acids is 3. The molecular weight excluding hydrogens is 450 g/mol. The Morgan fingerprint density at radius 3 is 1.64 bits per heavy atom. The third kappa shape index (κ3) is 12.0. The van der Waals surface area contributed by atoms with Crippen LogP contribution in [0.3, 0.4) is 0 Å². The number of nitrogens with two attached hydrogens (primary N) is 2. The maximum absolute atomic E-state index is 12.5. The SMILES string of the molecule is NC(=O)CCC(NC(=O)C(N)CC(=O)O)C(=O)NC(CO)C(=O)NC(CCC(=O)O)C(=O)O. The number of hydrogen-bond donors (Lipinski definition) is 9. The molecule has 0 spiro atoms. The molecule has 4 unspecified atom stereocenters. The zero-order chi connectivity index (χ0) is 25.7. The second-order valence-corrected chi connectivity index (χ2v) is 6.85. The number of carboxylic acid groups (broad SMARTS) is 3. The number of rotatable bonds is 16. The van der Waals surface area contributed by atoms with Crippen LogP contribution in [0.1, 0.15) is 32.1 Å². The molecule has 0 heterocycles. The van der Waals surface area contributed by atoms with Crippen molar-refractivity contribution < 1.29 is 54.0 Å². The first-order valence-corrected chi connectivity index (χ1v) is 9.50. The quantitative estimate of drug-likeness (QED) is 0.101. The van der Waals surface area contributed by atoms with Crippen LogP contribution in [0.4, 0.5) is 0 Å². The highest BCUT2D eigenvalue weighted by molar-refractivity contribution is 5.95. The van der Waals surface area contributed by atoms with Crippen molar-refractivity contribution in [3.63, 3.8) is 0 Å². The molecular formula is C17H27N5O11. The van der Waals surface area contributed by atoms with Gasteiger partial charge in [0.25, 0.3) is 0 Å². The van der Waals surface area contributed by atoms with E-state index >= 15 is 0 Å². The van der Waals surface area contributed by atoms with Crippen LogP contribution in [0.2, 0.25) is 0 Å². The van der Waals surface area contributed by atoms with Crippen LogP contribution in [0.15, 0.2) is 0 Å². The van der Waals surface area contributed by atoms with Crippen molar-refractivity contribution in [2.24, 2.45) is 11.5 Å². The number of carboxylic acids is 3. The largest absolute Gasteiger partial charge is 0.481 e. The highest BCUT2D eigenvalue weighted by Gasteiger charge is 2.30. The van der Waals surface area contributed by atoms with Crippen LogP contribution in [0.25, 0.3) is 0 Å². The number of nitrogens with one attached hydrogen (secondary N) is 3. The van der Waals surface area contributed by atoms with Gasteiger partial charge >= 0.3 is 17.9 Å². The Labute approximate surface area is 186 Å². The summed E-state index contributed by atoms with van der Waals surface area (Å²) in [6, 6.07) is -6.37. The molecule has 0 saturated heterocycles. The summed E-state index contributed by atoms with van der Waals surface area (Å²) < 4.78 is 0. The lowest BCUT2D eigenvalue weighted by atomic mass is 10.1. The van der Waals surface area contributed by atoms with Crippen molar-refractivity contribution in [2.75, 3.05) is 6.61 Å². The Kier molecular flexibility index (Phi) is 12.7. The molecule has 4 atom stereocenters. The Morgan fingerprint density at radius 2 is 1.18 bits per heavy atom. The maximum atomic E-state index is 12.5. The number of aliphatic hydroxyl groups is 1. The van der Waals surface area contributed by atoms with Gasteiger partial charge in [0.2, 0.25) is 23.6 Å². The van der Waals surface area contributed by atoms with E-state index in [1.807, 2.05) is 5.32 Å². The number of primary amides is 1. The molecule has 0 saturated carbocycles. The van der Waals surface area contributed by atoms with Gasteiger partial charge in [-0.25, -0.2) is 4.79 Å². The highest BCUT2D eigenvalue weighted by Crippen LogP contribution is 2.02. The maximum Gasteiger partial charge on any atom is 0.326 e. The van der Waals surface area contributed by atoms with Gasteiger partial charge in [0.05, 0.1) is 19.1 Å². The minimum absolute atomic E-state index is 0.358. The van der Waals surface area contributed by atoms with Gasteiger partial charge in [-0.15, -0.1) is 0 Å². The third-order valence-electron chi connectivity index (χ3n) is 4.12. The molecule has 16 heteroatoms. The zero-order valence-electron chi connectivity index (χ0n) is 17.4. The Hall–Kier alpha value is -3.79. The summed E-state index contributed by atoms with van der Waals surface area (Å²) in [4.78, 5) is 80.4. The lowest BCUT2D eigenvalue weighted by Gasteiger charge is -2.24. The summed E-state index contributed by atoms with van der Waals surface area (Å²) >= 11 is 0. The molecule has 33 heavy (non-hydrogen) atoms. The number of hydrogen-bond acceptors (Lipinski definition) is 9. The fourth-order valence-corrected chi connectivity index (χ4v) is 2.38. The normalized spacial score (nSPS) is 14.1. The Morgan fingerprint density at radius 1 is 0.697 bits per heavy atom. The van der Waals surface area contributed by atoms with E-state index in [2.05, 4.69) is 10.6 Å². The molecule has 11 N–H and O–H groups in total.